The highest BCUT2D eigenvalue weighted by atomic mass is 15.3. The Balaban J connectivity index is 1.56. The Morgan fingerprint density at radius 1 is 1.28 bits per heavy atom. The molecule has 2 aliphatic rings. The molecule has 1 heterocycles. The van der Waals surface area contributed by atoms with E-state index in [-0.39, 0.29) is 0 Å². The molecular weight excluding hydrogens is 222 g/mol. The van der Waals surface area contributed by atoms with E-state index in [1.807, 2.05) is 0 Å². The van der Waals surface area contributed by atoms with E-state index in [1.54, 1.807) is 0 Å². The maximum absolute atomic E-state index is 4.43. The number of guanidine groups is 1. The van der Waals surface area contributed by atoms with E-state index in [9.17, 15) is 0 Å². The zero-order valence-electron chi connectivity index (χ0n) is 11.0. The lowest BCUT2D eigenvalue weighted by atomic mass is 9.80. The second kappa shape index (κ2) is 5.01. The van der Waals surface area contributed by atoms with E-state index < -0.39 is 0 Å². The Morgan fingerprint density at radius 2 is 2.06 bits per heavy atom. The fourth-order valence-electron chi connectivity index (χ4n) is 2.55. The van der Waals surface area contributed by atoms with Crippen LogP contribution in [0.15, 0.2) is 29.3 Å². The van der Waals surface area contributed by atoms with Gasteiger partial charge in [-0.1, -0.05) is 30.7 Å². The summed E-state index contributed by atoms with van der Waals surface area (Å²) in [6.45, 7) is 2.82. The van der Waals surface area contributed by atoms with Crippen molar-refractivity contribution in [3.05, 3.63) is 35.4 Å². The monoisotopic (exact) mass is 243 g/mol. The number of benzene rings is 1. The van der Waals surface area contributed by atoms with Crippen LogP contribution in [-0.2, 0) is 6.54 Å². The standard InChI is InChI=1S/C15H21N3/c1-18-10-9-16-15(18)17-11-12-5-7-14(8-6-12)13-3-2-4-13/h5-8,13H,2-4,9-11H2,1H3,(H,16,17). The summed E-state index contributed by atoms with van der Waals surface area (Å²) >= 11 is 0. The van der Waals surface area contributed by atoms with E-state index in [0.29, 0.717) is 0 Å². The van der Waals surface area contributed by atoms with Gasteiger partial charge in [0, 0.05) is 20.1 Å². The van der Waals surface area contributed by atoms with Gasteiger partial charge in [-0.25, -0.2) is 0 Å². The van der Waals surface area contributed by atoms with Gasteiger partial charge in [0.15, 0.2) is 5.96 Å². The Kier molecular flexibility index (Phi) is 3.22. The van der Waals surface area contributed by atoms with Crippen LogP contribution in [0, 0.1) is 0 Å². The first-order chi connectivity index (χ1) is 8.83. The summed E-state index contributed by atoms with van der Waals surface area (Å²) in [5.41, 5.74) is 2.85. The predicted molar refractivity (Wildman–Crippen MR) is 74.8 cm³/mol. The number of rotatable bonds is 3. The topological polar surface area (TPSA) is 27.6 Å². The second-order valence-corrected chi connectivity index (χ2v) is 5.35. The fraction of sp³-hybridized carbons (Fsp3) is 0.533. The molecule has 0 unspecified atom stereocenters. The Labute approximate surface area is 109 Å². The molecule has 1 fully saturated rings. The number of hydrogen-bond acceptors (Lipinski definition) is 3. The summed E-state index contributed by atoms with van der Waals surface area (Å²) in [6.07, 6.45) is 4.15. The maximum atomic E-state index is 4.43. The number of nitrogens with one attached hydrogen (secondary N) is 1. The van der Waals surface area contributed by atoms with Gasteiger partial charge in [-0.05, 0) is 29.9 Å². The number of hydrogen-bond donors (Lipinski definition) is 1. The van der Waals surface area contributed by atoms with Crippen LogP contribution in [0.4, 0.5) is 0 Å². The molecule has 0 saturated heterocycles. The average molecular weight is 243 g/mol. The zero-order chi connectivity index (χ0) is 12.4. The molecule has 1 aliphatic heterocycles. The summed E-state index contributed by atoms with van der Waals surface area (Å²) in [7, 11) is 2.08. The molecule has 0 bridgehead atoms. The summed E-state index contributed by atoms with van der Waals surface area (Å²) in [5, 5.41) is 3.40. The molecule has 1 N–H and O–H groups in total. The third-order valence-electron chi connectivity index (χ3n) is 4.07. The van der Waals surface area contributed by atoms with Gasteiger partial charge in [-0.15, -0.1) is 0 Å². The number of nitrogens with zero attached hydrogens (tertiary/aromatic N) is 2. The maximum Gasteiger partial charge on any atom is 0.194 e. The fourth-order valence-corrected chi connectivity index (χ4v) is 2.55. The summed E-state index contributed by atoms with van der Waals surface area (Å²) < 4.78 is 0. The van der Waals surface area contributed by atoms with E-state index in [0.717, 1.165) is 31.5 Å². The van der Waals surface area contributed by atoms with Crippen LogP contribution in [0.3, 0.4) is 0 Å². The van der Waals surface area contributed by atoms with Gasteiger partial charge in [0.25, 0.3) is 0 Å². The van der Waals surface area contributed by atoms with Gasteiger partial charge >= 0.3 is 0 Å². The van der Waals surface area contributed by atoms with Crippen molar-refractivity contribution in [3.8, 4) is 0 Å². The Hall–Kier alpha value is -1.51. The lowest BCUT2D eigenvalue weighted by Gasteiger charge is -2.25. The quantitative estimate of drug-likeness (QED) is 0.882. The predicted octanol–water partition coefficient (Wildman–Crippen LogP) is 2.35. The molecule has 1 saturated carbocycles. The van der Waals surface area contributed by atoms with Crippen LogP contribution in [0.5, 0.6) is 0 Å². The first-order valence-corrected chi connectivity index (χ1v) is 6.91. The van der Waals surface area contributed by atoms with Gasteiger partial charge in [0.1, 0.15) is 0 Å². The summed E-state index contributed by atoms with van der Waals surface area (Å²) in [4.78, 5) is 6.60. The molecule has 1 aromatic carbocycles. The van der Waals surface area contributed by atoms with E-state index >= 15 is 0 Å². The molecule has 96 valence electrons. The minimum atomic E-state index is 0.831. The molecule has 3 rings (SSSR count). The van der Waals surface area contributed by atoms with Crippen molar-refractivity contribution in [1.82, 2.24) is 10.2 Å². The van der Waals surface area contributed by atoms with Crippen molar-refractivity contribution < 1.29 is 0 Å². The summed E-state index contributed by atoms with van der Waals surface area (Å²) in [5.74, 6) is 1.86. The first-order valence-electron chi connectivity index (χ1n) is 6.91. The minimum absolute atomic E-state index is 0.831. The molecule has 0 atom stereocenters. The van der Waals surface area contributed by atoms with E-state index in [2.05, 4.69) is 46.5 Å². The molecule has 0 radical (unpaired) electrons. The van der Waals surface area contributed by atoms with Gasteiger partial charge in [0.2, 0.25) is 0 Å². The van der Waals surface area contributed by atoms with Crippen LogP contribution < -0.4 is 5.32 Å². The van der Waals surface area contributed by atoms with Crippen molar-refractivity contribution in [3.63, 3.8) is 0 Å². The molecule has 18 heavy (non-hydrogen) atoms. The third kappa shape index (κ3) is 2.35. The van der Waals surface area contributed by atoms with Crippen LogP contribution in [0.1, 0.15) is 36.3 Å². The highest BCUT2D eigenvalue weighted by Crippen LogP contribution is 2.36. The average Bonchev–Trinajstić information content (AvgIpc) is 2.72. The second-order valence-electron chi connectivity index (χ2n) is 5.35. The molecule has 1 aromatic rings. The first kappa shape index (κ1) is 11.6. The highest BCUT2D eigenvalue weighted by molar-refractivity contribution is 5.81. The Bertz CT molecular complexity index is 432. The lowest BCUT2D eigenvalue weighted by Crippen LogP contribution is -2.35. The molecular formula is C15H21N3. The highest BCUT2D eigenvalue weighted by Gasteiger charge is 2.19. The van der Waals surface area contributed by atoms with Gasteiger partial charge in [-0.2, -0.15) is 0 Å². The van der Waals surface area contributed by atoms with Gasteiger partial charge in [0.05, 0.1) is 6.54 Å². The van der Waals surface area contributed by atoms with Crippen LogP contribution in [0.2, 0.25) is 0 Å². The van der Waals surface area contributed by atoms with E-state index in [4.69, 9.17) is 0 Å². The van der Waals surface area contributed by atoms with Crippen molar-refractivity contribution in [2.75, 3.05) is 20.1 Å². The van der Waals surface area contributed by atoms with Gasteiger partial charge in [-0.3, -0.25) is 4.99 Å². The van der Waals surface area contributed by atoms with Crippen molar-refractivity contribution >= 4 is 5.96 Å². The largest absolute Gasteiger partial charge is 0.352 e. The van der Waals surface area contributed by atoms with Gasteiger partial charge < -0.3 is 10.2 Å². The molecule has 0 aromatic heterocycles. The summed E-state index contributed by atoms with van der Waals surface area (Å²) in [6, 6.07) is 9.08. The van der Waals surface area contributed by atoms with Crippen LogP contribution in [-0.4, -0.2) is 31.0 Å². The SMILES string of the molecule is CN1CCN=C1NCc1ccc(C2CCC2)cc1. The van der Waals surface area contributed by atoms with E-state index in [1.165, 1.54) is 30.4 Å². The Morgan fingerprint density at radius 3 is 2.61 bits per heavy atom. The minimum Gasteiger partial charge on any atom is -0.352 e. The van der Waals surface area contributed by atoms with Crippen molar-refractivity contribution in [2.24, 2.45) is 4.99 Å². The normalized spacial score (nSPS) is 19.6. The molecule has 1 aliphatic carbocycles. The number of likely N-dealkylation sites (N-methyl/N-ethyl adjacent to an activating group) is 1. The molecule has 0 amide bonds. The molecule has 3 heteroatoms. The smallest absolute Gasteiger partial charge is 0.194 e. The third-order valence-corrected chi connectivity index (χ3v) is 4.07. The van der Waals surface area contributed by atoms with Crippen LogP contribution in [0.25, 0.3) is 0 Å². The van der Waals surface area contributed by atoms with Crippen LogP contribution >= 0.6 is 0 Å². The zero-order valence-corrected chi connectivity index (χ0v) is 11.0. The molecule has 0 spiro atoms. The van der Waals surface area contributed by atoms with Crippen molar-refractivity contribution in [1.29, 1.82) is 0 Å². The molecule has 3 nitrogen and oxygen atoms in total. The number of aliphatic imine (C=N–C) groups is 1. The lowest BCUT2D eigenvalue weighted by molar-refractivity contribution is 0.419. The van der Waals surface area contributed by atoms with Crippen molar-refractivity contribution in [2.45, 2.75) is 31.7 Å².